The van der Waals surface area contributed by atoms with Crippen molar-refractivity contribution in [3.63, 3.8) is 0 Å². The number of nitrogens with two attached hydrogens (primary N) is 1. The Hall–Kier alpha value is -0.590. The molecule has 0 spiro atoms. The van der Waals surface area contributed by atoms with Crippen LogP contribution in [0.15, 0.2) is 9.98 Å². The van der Waals surface area contributed by atoms with Gasteiger partial charge in [0.1, 0.15) is 11.7 Å². The van der Waals surface area contributed by atoms with Gasteiger partial charge < -0.3 is 0 Å². The van der Waals surface area contributed by atoms with Gasteiger partial charge in [0.25, 0.3) is 0 Å². The van der Waals surface area contributed by atoms with Crippen molar-refractivity contribution in [2.24, 2.45) is 27.2 Å². The zero-order chi connectivity index (χ0) is 12.6. The minimum Gasteiger partial charge on any atom is -0.253 e. The molecule has 0 amide bonds. The summed E-state index contributed by atoms with van der Waals surface area (Å²) in [4.78, 5) is 9.36. The highest BCUT2D eigenvalue weighted by atomic mass is 32.2. The quantitative estimate of drug-likeness (QED) is 0.593. The van der Waals surface area contributed by atoms with Gasteiger partial charge in [0, 0.05) is 11.3 Å². The van der Waals surface area contributed by atoms with E-state index in [1.165, 1.54) is 12.8 Å². The molecule has 1 saturated carbocycles. The molecule has 1 aliphatic heterocycles. The topological polar surface area (TPSA) is 66.0 Å². The lowest BCUT2D eigenvalue weighted by Crippen LogP contribution is -2.54. The zero-order valence-corrected chi connectivity index (χ0v) is 11.7. The molecule has 0 saturated heterocycles. The number of amidine groups is 2. The summed E-state index contributed by atoms with van der Waals surface area (Å²) in [6.07, 6.45) is 4.44. The molecule has 1 fully saturated rings. The molecule has 2 rings (SSSR count). The molecule has 3 N–H and O–H groups in total. The second-order valence-electron chi connectivity index (χ2n) is 5.51. The van der Waals surface area contributed by atoms with Crippen molar-refractivity contribution < 1.29 is 0 Å². The molecule has 1 aliphatic carbocycles. The smallest absolute Gasteiger partial charge is 0.186 e. The van der Waals surface area contributed by atoms with Crippen LogP contribution in [0.2, 0.25) is 0 Å². The lowest BCUT2D eigenvalue weighted by atomic mass is 9.95. The van der Waals surface area contributed by atoms with Crippen molar-refractivity contribution in [2.75, 3.05) is 6.26 Å². The molecule has 6 heteroatoms. The summed E-state index contributed by atoms with van der Waals surface area (Å²) in [5.74, 6) is 8.11. The fraction of sp³-hybridized carbons (Fsp3) is 0.818. The minimum absolute atomic E-state index is 0.0117. The molecule has 0 aromatic heterocycles. The summed E-state index contributed by atoms with van der Waals surface area (Å²) >= 11 is 1.66. The summed E-state index contributed by atoms with van der Waals surface area (Å²) in [7, 11) is 0. The highest BCUT2D eigenvalue weighted by Gasteiger charge is 2.38. The predicted molar refractivity (Wildman–Crippen MR) is 73.5 cm³/mol. The van der Waals surface area contributed by atoms with E-state index in [-0.39, 0.29) is 10.9 Å². The van der Waals surface area contributed by atoms with Gasteiger partial charge in [-0.2, -0.15) is 5.53 Å². The predicted octanol–water partition coefficient (Wildman–Crippen LogP) is 1.58. The second kappa shape index (κ2) is 4.59. The first-order chi connectivity index (χ1) is 7.97. The standard InChI is InChI=1S/C11H21N5S/c1-11(2,3)9-13-8(7-5-6-7)16(15-12)10(14-9)17-4/h7,10,15H,5-6,12H2,1-4H3. The van der Waals surface area contributed by atoms with E-state index >= 15 is 0 Å². The van der Waals surface area contributed by atoms with Crippen LogP contribution >= 0.6 is 11.8 Å². The van der Waals surface area contributed by atoms with E-state index in [0.717, 1.165) is 11.7 Å². The fourth-order valence-corrected chi connectivity index (χ4v) is 2.33. The van der Waals surface area contributed by atoms with Crippen molar-refractivity contribution >= 4 is 23.4 Å². The Labute approximate surface area is 107 Å². The van der Waals surface area contributed by atoms with Crippen molar-refractivity contribution in [3.8, 4) is 0 Å². The first kappa shape index (κ1) is 12.9. The molecule has 5 nitrogen and oxygen atoms in total. The number of thioether (sulfide) groups is 1. The van der Waals surface area contributed by atoms with Crippen molar-refractivity contribution in [1.29, 1.82) is 0 Å². The van der Waals surface area contributed by atoms with Crippen molar-refractivity contribution in [2.45, 2.75) is 39.1 Å². The zero-order valence-electron chi connectivity index (χ0n) is 10.9. The molecule has 0 aromatic carbocycles. The average Bonchev–Trinajstić information content (AvgIpc) is 3.09. The van der Waals surface area contributed by atoms with Crippen LogP contribution in [-0.2, 0) is 0 Å². The molecule has 1 atom stereocenters. The highest BCUT2D eigenvalue weighted by molar-refractivity contribution is 7.99. The number of hydrogen-bond donors (Lipinski definition) is 2. The van der Waals surface area contributed by atoms with Gasteiger partial charge in [0.15, 0.2) is 5.50 Å². The Kier molecular flexibility index (Phi) is 3.47. The van der Waals surface area contributed by atoms with Crippen LogP contribution in [0, 0.1) is 11.3 Å². The molecule has 0 radical (unpaired) electrons. The molecule has 1 heterocycles. The summed E-state index contributed by atoms with van der Waals surface area (Å²) in [6, 6.07) is 0. The third kappa shape index (κ3) is 2.64. The molecular formula is C11H21N5S. The van der Waals surface area contributed by atoms with E-state index < -0.39 is 0 Å². The number of hydrazine groups is 2. The number of nitrogens with one attached hydrogen (secondary N) is 1. The van der Waals surface area contributed by atoms with Crippen molar-refractivity contribution in [1.82, 2.24) is 10.5 Å². The fourth-order valence-electron chi connectivity index (χ4n) is 1.75. The van der Waals surface area contributed by atoms with Crippen LogP contribution in [0.3, 0.4) is 0 Å². The Morgan fingerprint density at radius 1 is 1.41 bits per heavy atom. The van der Waals surface area contributed by atoms with Gasteiger partial charge in [-0.15, -0.1) is 11.8 Å². The largest absolute Gasteiger partial charge is 0.253 e. The van der Waals surface area contributed by atoms with Crippen LogP contribution in [-0.4, -0.2) is 28.4 Å². The Morgan fingerprint density at radius 2 is 2.06 bits per heavy atom. The van der Waals surface area contributed by atoms with Crippen molar-refractivity contribution in [3.05, 3.63) is 0 Å². The van der Waals surface area contributed by atoms with E-state index in [4.69, 9.17) is 10.8 Å². The summed E-state index contributed by atoms with van der Waals surface area (Å²) in [5.41, 5.74) is 2.69. The first-order valence-electron chi connectivity index (χ1n) is 5.92. The monoisotopic (exact) mass is 255 g/mol. The molecule has 0 aromatic rings. The lowest BCUT2D eigenvalue weighted by Gasteiger charge is -2.35. The second-order valence-corrected chi connectivity index (χ2v) is 6.40. The van der Waals surface area contributed by atoms with Crippen LogP contribution in [0.25, 0.3) is 0 Å². The number of rotatable bonds is 3. The highest BCUT2D eigenvalue weighted by Crippen LogP contribution is 2.36. The number of hydrogen-bond acceptors (Lipinski definition) is 6. The van der Waals surface area contributed by atoms with Crippen LogP contribution in [0.4, 0.5) is 0 Å². The maximum atomic E-state index is 5.59. The summed E-state index contributed by atoms with van der Waals surface area (Å²) in [6.45, 7) is 6.42. The van der Waals surface area contributed by atoms with Crippen LogP contribution in [0.5, 0.6) is 0 Å². The third-order valence-electron chi connectivity index (χ3n) is 2.88. The van der Waals surface area contributed by atoms with Crippen LogP contribution < -0.4 is 11.4 Å². The SMILES string of the molecule is CSC1N=C(C(C)(C)C)N=C(C2CC2)N1NN. The molecule has 1 unspecified atom stereocenters. The van der Waals surface area contributed by atoms with Gasteiger partial charge in [-0.25, -0.2) is 15.0 Å². The van der Waals surface area contributed by atoms with Gasteiger partial charge in [0.2, 0.25) is 0 Å². The number of aliphatic imine (C=N–C) groups is 2. The lowest BCUT2D eigenvalue weighted by molar-refractivity contribution is 0.285. The van der Waals surface area contributed by atoms with Gasteiger partial charge >= 0.3 is 0 Å². The Morgan fingerprint density at radius 3 is 2.47 bits per heavy atom. The van der Waals surface area contributed by atoms with E-state index in [9.17, 15) is 0 Å². The maximum absolute atomic E-state index is 5.59. The first-order valence-corrected chi connectivity index (χ1v) is 7.21. The van der Waals surface area contributed by atoms with E-state index in [1.54, 1.807) is 11.8 Å². The Bertz CT molecular complexity index is 353. The minimum atomic E-state index is -0.0190. The Balaban J connectivity index is 2.32. The van der Waals surface area contributed by atoms with E-state index in [2.05, 4.69) is 31.3 Å². The van der Waals surface area contributed by atoms with Gasteiger partial charge in [0.05, 0.1) is 0 Å². The molecular weight excluding hydrogens is 234 g/mol. The van der Waals surface area contributed by atoms with Crippen LogP contribution in [0.1, 0.15) is 33.6 Å². The molecule has 0 bridgehead atoms. The summed E-state index contributed by atoms with van der Waals surface area (Å²) < 4.78 is 0. The van der Waals surface area contributed by atoms with Gasteiger partial charge in [-0.3, -0.25) is 5.84 Å². The normalized spacial score (nSPS) is 25.7. The third-order valence-corrected chi connectivity index (χ3v) is 3.62. The van der Waals surface area contributed by atoms with Gasteiger partial charge in [-0.05, 0) is 19.1 Å². The summed E-state index contributed by atoms with van der Waals surface area (Å²) in [5, 5.41) is 1.89. The number of nitrogens with zero attached hydrogens (tertiary/aromatic N) is 3. The molecule has 17 heavy (non-hydrogen) atoms. The van der Waals surface area contributed by atoms with E-state index in [1.807, 2.05) is 11.3 Å². The molecule has 96 valence electrons. The maximum Gasteiger partial charge on any atom is 0.186 e. The molecule has 2 aliphatic rings. The average molecular weight is 255 g/mol. The van der Waals surface area contributed by atoms with Gasteiger partial charge in [-0.1, -0.05) is 20.8 Å². The van der Waals surface area contributed by atoms with E-state index in [0.29, 0.717) is 5.92 Å².